The molecular formula is C13H15NO. The summed E-state index contributed by atoms with van der Waals surface area (Å²) in [6, 6.07) is 0.163. The van der Waals surface area contributed by atoms with Crippen LogP contribution in [-0.4, -0.2) is 18.2 Å². The van der Waals surface area contributed by atoms with Crippen molar-refractivity contribution >= 4 is 0 Å². The zero-order valence-electron chi connectivity index (χ0n) is 8.49. The molecule has 0 radical (unpaired) electrons. The summed E-state index contributed by atoms with van der Waals surface area (Å²) in [5.74, 6) is 0.653. The van der Waals surface area contributed by atoms with Gasteiger partial charge in [-0.3, -0.25) is 0 Å². The Labute approximate surface area is 89.8 Å². The van der Waals surface area contributed by atoms with Crippen LogP contribution >= 0.6 is 0 Å². The highest BCUT2D eigenvalue weighted by Gasteiger charge is 2.40. The van der Waals surface area contributed by atoms with Gasteiger partial charge in [-0.05, 0) is 0 Å². The van der Waals surface area contributed by atoms with E-state index in [-0.39, 0.29) is 18.2 Å². The summed E-state index contributed by atoms with van der Waals surface area (Å²) < 4.78 is 6.01. The average Bonchev–Trinajstić information content (AvgIpc) is 2.30. The van der Waals surface area contributed by atoms with Crippen molar-refractivity contribution in [2.45, 2.75) is 18.2 Å². The van der Waals surface area contributed by atoms with E-state index in [1.54, 1.807) is 0 Å². The molecule has 3 aliphatic rings. The zero-order valence-corrected chi connectivity index (χ0v) is 8.49. The van der Waals surface area contributed by atoms with Gasteiger partial charge < -0.3 is 10.5 Å². The van der Waals surface area contributed by atoms with Crippen LogP contribution < -0.4 is 5.73 Å². The summed E-state index contributed by atoms with van der Waals surface area (Å²) in [7, 11) is 0. The maximum Gasteiger partial charge on any atom is 0.0845 e. The molecule has 2 aliphatic carbocycles. The van der Waals surface area contributed by atoms with Crippen molar-refractivity contribution in [1.82, 2.24) is 0 Å². The van der Waals surface area contributed by atoms with Gasteiger partial charge in [-0.2, -0.15) is 0 Å². The van der Waals surface area contributed by atoms with Crippen molar-refractivity contribution in [3.05, 3.63) is 48.6 Å². The normalized spacial score (nSPS) is 46.3. The van der Waals surface area contributed by atoms with Gasteiger partial charge in [0.25, 0.3) is 0 Å². The Bertz CT molecular complexity index is 333. The maximum absolute atomic E-state index is 6.29. The Kier molecular flexibility index (Phi) is 2.11. The SMILES string of the molecule is NC1C2C=CC=CC2OC2C=CC=CC21. The van der Waals surface area contributed by atoms with Gasteiger partial charge in [0.15, 0.2) is 0 Å². The molecule has 1 fully saturated rings. The van der Waals surface area contributed by atoms with Gasteiger partial charge in [0.05, 0.1) is 12.2 Å². The van der Waals surface area contributed by atoms with Crippen molar-refractivity contribution in [3.63, 3.8) is 0 Å². The molecule has 1 saturated heterocycles. The number of ether oxygens (including phenoxy) is 1. The van der Waals surface area contributed by atoms with Crippen LogP contribution in [-0.2, 0) is 4.74 Å². The predicted octanol–water partition coefficient (Wildman–Crippen LogP) is 1.57. The maximum atomic E-state index is 6.29. The number of hydrogen-bond donors (Lipinski definition) is 1. The number of fused-ring (bicyclic) bond motifs is 2. The molecule has 0 aromatic heterocycles. The Balaban J connectivity index is 1.90. The highest BCUT2D eigenvalue weighted by molar-refractivity contribution is 5.25. The lowest BCUT2D eigenvalue weighted by atomic mass is 9.76. The van der Waals surface area contributed by atoms with Crippen LogP contribution in [0.5, 0.6) is 0 Å². The van der Waals surface area contributed by atoms with Crippen molar-refractivity contribution in [2.75, 3.05) is 0 Å². The molecule has 3 rings (SSSR count). The standard InChI is InChI=1S/C13H15NO/c14-13-9-5-1-3-7-11(9)15-12-8-4-2-6-10(12)13/h1-13H,14H2. The minimum Gasteiger partial charge on any atom is -0.365 e. The highest BCUT2D eigenvalue weighted by Crippen LogP contribution is 2.35. The van der Waals surface area contributed by atoms with Crippen molar-refractivity contribution < 1.29 is 4.74 Å². The van der Waals surface area contributed by atoms with Crippen LogP contribution in [0.3, 0.4) is 0 Å². The Morgan fingerprint density at radius 1 is 0.733 bits per heavy atom. The summed E-state index contributed by atoms with van der Waals surface area (Å²) in [5.41, 5.74) is 6.29. The van der Waals surface area contributed by atoms with Crippen LogP contribution in [0, 0.1) is 11.8 Å². The smallest absolute Gasteiger partial charge is 0.0845 e. The monoisotopic (exact) mass is 201 g/mol. The first-order valence-corrected chi connectivity index (χ1v) is 5.47. The second-order valence-electron chi connectivity index (χ2n) is 4.34. The Morgan fingerprint density at radius 3 is 1.73 bits per heavy atom. The third-order valence-corrected chi connectivity index (χ3v) is 3.45. The zero-order chi connectivity index (χ0) is 10.3. The van der Waals surface area contributed by atoms with E-state index in [0.717, 1.165) is 0 Å². The van der Waals surface area contributed by atoms with Crippen LogP contribution in [0.4, 0.5) is 0 Å². The largest absolute Gasteiger partial charge is 0.365 e. The Hall–Kier alpha value is -1.12. The van der Waals surface area contributed by atoms with E-state index in [4.69, 9.17) is 10.5 Å². The van der Waals surface area contributed by atoms with E-state index >= 15 is 0 Å². The molecule has 0 amide bonds. The molecule has 15 heavy (non-hydrogen) atoms. The molecule has 1 aliphatic heterocycles. The van der Waals surface area contributed by atoms with Gasteiger partial charge in [-0.1, -0.05) is 48.6 Å². The van der Waals surface area contributed by atoms with E-state index in [9.17, 15) is 0 Å². The van der Waals surface area contributed by atoms with E-state index < -0.39 is 0 Å². The van der Waals surface area contributed by atoms with E-state index in [1.807, 2.05) is 12.2 Å². The fourth-order valence-electron chi connectivity index (χ4n) is 2.61. The van der Waals surface area contributed by atoms with Crippen LogP contribution in [0.25, 0.3) is 0 Å². The summed E-state index contributed by atoms with van der Waals surface area (Å²) in [4.78, 5) is 0. The summed E-state index contributed by atoms with van der Waals surface area (Å²) in [6.07, 6.45) is 17.0. The molecule has 1 heterocycles. The summed E-state index contributed by atoms with van der Waals surface area (Å²) in [6.45, 7) is 0. The third kappa shape index (κ3) is 1.41. The highest BCUT2D eigenvalue weighted by atomic mass is 16.5. The molecule has 2 N–H and O–H groups in total. The van der Waals surface area contributed by atoms with E-state index in [1.165, 1.54) is 0 Å². The van der Waals surface area contributed by atoms with Crippen LogP contribution in [0.2, 0.25) is 0 Å². The summed E-state index contributed by atoms with van der Waals surface area (Å²) >= 11 is 0. The van der Waals surface area contributed by atoms with Gasteiger partial charge in [0.1, 0.15) is 0 Å². The van der Waals surface area contributed by atoms with Crippen LogP contribution in [0.15, 0.2) is 48.6 Å². The first-order chi connectivity index (χ1) is 7.36. The molecule has 4 unspecified atom stereocenters. The lowest BCUT2D eigenvalue weighted by Crippen LogP contribution is -2.53. The second kappa shape index (κ2) is 3.47. The van der Waals surface area contributed by atoms with Gasteiger partial charge in [0.2, 0.25) is 0 Å². The lowest BCUT2D eigenvalue weighted by Gasteiger charge is -2.43. The quantitative estimate of drug-likeness (QED) is 0.645. The van der Waals surface area contributed by atoms with Crippen molar-refractivity contribution in [3.8, 4) is 0 Å². The fraction of sp³-hybridized carbons (Fsp3) is 0.385. The molecule has 4 atom stereocenters. The minimum absolute atomic E-state index is 0.155. The van der Waals surface area contributed by atoms with E-state index in [0.29, 0.717) is 11.8 Å². The van der Waals surface area contributed by atoms with E-state index in [2.05, 4.69) is 36.5 Å². The molecule has 0 bridgehead atoms. The average molecular weight is 201 g/mol. The number of rotatable bonds is 0. The molecule has 0 saturated carbocycles. The summed E-state index contributed by atoms with van der Waals surface area (Å²) in [5, 5.41) is 0. The van der Waals surface area contributed by atoms with Gasteiger partial charge in [-0.15, -0.1) is 0 Å². The second-order valence-corrected chi connectivity index (χ2v) is 4.34. The van der Waals surface area contributed by atoms with Crippen molar-refractivity contribution in [1.29, 1.82) is 0 Å². The lowest BCUT2D eigenvalue weighted by molar-refractivity contribution is -0.0566. The third-order valence-electron chi connectivity index (χ3n) is 3.45. The molecule has 0 aromatic rings. The van der Waals surface area contributed by atoms with Crippen molar-refractivity contribution in [2.24, 2.45) is 17.6 Å². The number of allylic oxidation sites excluding steroid dienone is 4. The molecular weight excluding hydrogens is 186 g/mol. The molecule has 0 spiro atoms. The Morgan fingerprint density at radius 2 is 1.20 bits per heavy atom. The topological polar surface area (TPSA) is 35.2 Å². The number of nitrogens with two attached hydrogens (primary N) is 1. The predicted molar refractivity (Wildman–Crippen MR) is 60.2 cm³/mol. The first-order valence-electron chi connectivity index (χ1n) is 5.47. The van der Waals surface area contributed by atoms with Gasteiger partial charge >= 0.3 is 0 Å². The minimum atomic E-state index is 0.155. The fourth-order valence-corrected chi connectivity index (χ4v) is 2.61. The molecule has 2 heteroatoms. The molecule has 2 nitrogen and oxygen atoms in total. The molecule has 0 aromatic carbocycles. The first kappa shape index (κ1) is 9.13. The number of hydrogen-bond acceptors (Lipinski definition) is 2. The van der Waals surface area contributed by atoms with Crippen LogP contribution in [0.1, 0.15) is 0 Å². The van der Waals surface area contributed by atoms with Gasteiger partial charge in [0, 0.05) is 17.9 Å². The van der Waals surface area contributed by atoms with Gasteiger partial charge in [-0.25, -0.2) is 0 Å². The molecule has 78 valence electrons.